The number of rotatable bonds is 1. The van der Waals surface area contributed by atoms with Gasteiger partial charge in [0.25, 0.3) is 0 Å². The van der Waals surface area contributed by atoms with Gasteiger partial charge in [0.2, 0.25) is 11.8 Å². The van der Waals surface area contributed by atoms with Crippen LogP contribution in [0.5, 0.6) is 0 Å². The predicted molar refractivity (Wildman–Crippen MR) is 38.2 cm³/mol. The molecule has 4 nitrogen and oxygen atoms in total. The third-order valence-corrected chi connectivity index (χ3v) is 1.54. The summed E-state index contributed by atoms with van der Waals surface area (Å²) in [7, 11) is 0. The van der Waals surface area contributed by atoms with Crippen molar-refractivity contribution >= 4 is 29.1 Å². The van der Waals surface area contributed by atoms with Crippen molar-refractivity contribution in [2.75, 3.05) is 0 Å². The number of hydrogen-bond donors (Lipinski definition) is 1. The van der Waals surface area contributed by atoms with E-state index in [1.54, 1.807) is 0 Å². The van der Waals surface area contributed by atoms with Gasteiger partial charge in [-0.1, -0.05) is 0 Å². The number of halogens is 2. The van der Waals surface area contributed by atoms with Crippen LogP contribution in [-0.2, 0) is 9.59 Å². The first-order chi connectivity index (χ1) is 5.52. The van der Waals surface area contributed by atoms with Crippen LogP contribution in [-0.4, -0.2) is 28.4 Å². The van der Waals surface area contributed by atoms with Gasteiger partial charge in [-0.25, -0.2) is 4.90 Å². The molecule has 0 bridgehead atoms. The Morgan fingerprint density at radius 2 is 2.08 bits per heavy atom. The van der Waals surface area contributed by atoms with E-state index in [-0.39, 0.29) is 4.90 Å². The Bertz CT molecular complexity index is 236. The van der Waals surface area contributed by atoms with Crippen LogP contribution in [0, 0.1) is 0 Å². The first kappa shape index (κ1) is 8.98. The van der Waals surface area contributed by atoms with Crippen molar-refractivity contribution in [1.29, 1.82) is 0 Å². The van der Waals surface area contributed by atoms with Gasteiger partial charge in [-0.3, -0.25) is 9.59 Å². The fraction of sp³-hybridized carbons (Fsp3) is 0.400. The van der Waals surface area contributed by atoms with Crippen molar-refractivity contribution in [1.82, 2.24) is 10.2 Å². The second-order valence-electron chi connectivity index (χ2n) is 2.07. The molecule has 0 saturated carbocycles. The largest absolute Gasteiger partial charge is 0.323 e. The Labute approximate surface area is 71.5 Å². The minimum absolute atomic E-state index is 0.0801. The van der Waals surface area contributed by atoms with Crippen LogP contribution in [0.1, 0.15) is 6.42 Å². The number of hydrogen-bond acceptors (Lipinski definition) is 3. The Morgan fingerprint density at radius 1 is 1.50 bits per heavy atom. The van der Waals surface area contributed by atoms with Crippen molar-refractivity contribution in [2.45, 2.75) is 13.0 Å². The summed E-state index contributed by atoms with van der Waals surface area (Å²) in [6.07, 6.45) is -0.579. The quantitative estimate of drug-likeness (QED) is 0.358. The Morgan fingerprint density at radius 3 is 2.50 bits per heavy atom. The lowest BCUT2D eigenvalue weighted by molar-refractivity contribution is -0.142. The van der Waals surface area contributed by atoms with E-state index >= 15 is 0 Å². The van der Waals surface area contributed by atoms with Gasteiger partial charge in [-0.05, 0) is 12.2 Å². The van der Waals surface area contributed by atoms with E-state index in [0.717, 1.165) is 0 Å². The molecule has 0 spiro atoms. The number of carbonyl (C=O) groups excluding carboxylic acids is 2. The Kier molecular flexibility index (Phi) is 2.32. The SMILES string of the molecule is O=C1CC(=O)N(C(F)F)C(=S)N1. The van der Waals surface area contributed by atoms with Crippen molar-refractivity contribution in [3.05, 3.63) is 0 Å². The van der Waals surface area contributed by atoms with E-state index in [2.05, 4.69) is 12.2 Å². The summed E-state index contributed by atoms with van der Waals surface area (Å²) in [5.41, 5.74) is 0. The summed E-state index contributed by atoms with van der Waals surface area (Å²) >= 11 is 4.35. The first-order valence-corrected chi connectivity index (χ1v) is 3.37. The Balaban J connectivity index is 2.81. The molecule has 0 atom stereocenters. The normalized spacial score (nSPS) is 18.6. The van der Waals surface area contributed by atoms with E-state index in [4.69, 9.17) is 0 Å². The van der Waals surface area contributed by atoms with Crippen LogP contribution in [0.3, 0.4) is 0 Å². The van der Waals surface area contributed by atoms with Gasteiger partial charge >= 0.3 is 6.55 Å². The molecular weight excluding hydrogens is 190 g/mol. The fourth-order valence-electron chi connectivity index (χ4n) is 0.757. The van der Waals surface area contributed by atoms with Gasteiger partial charge in [0.1, 0.15) is 6.42 Å². The van der Waals surface area contributed by atoms with Crippen molar-refractivity contribution in [3.8, 4) is 0 Å². The maximum absolute atomic E-state index is 12.0. The Hall–Kier alpha value is -1.11. The minimum Gasteiger partial charge on any atom is -0.302 e. The molecule has 1 saturated heterocycles. The monoisotopic (exact) mass is 194 g/mol. The zero-order chi connectivity index (χ0) is 9.30. The highest BCUT2D eigenvalue weighted by atomic mass is 32.1. The van der Waals surface area contributed by atoms with Gasteiger partial charge < -0.3 is 5.32 Å². The van der Waals surface area contributed by atoms with E-state index < -0.39 is 29.9 Å². The summed E-state index contributed by atoms with van der Waals surface area (Å²) < 4.78 is 24.0. The van der Waals surface area contributed by atoms with Gasteiger partial charge in [-0.2, -0.15) is 8.78 Å². The van der Waals surface area contributed by atoms with Crippen LogP contribution >= 0.6 is 12.2 Å². The van der Waals surface area contributed by atoms with E-state index in [0.29, 0.717) is 0 Å². The van der Waals surface area contributed by atoms with Gasteiger partial charge in [-0.15, -0.1) is 0 Å². The second kappa shape index (κ2) is 3.10. The van der Waals surface area contributed by atoms with Crippen LogP contribution in [0.15, 0.2) is 0 Å². The fourth-order valence-corrected chi connectivity index (χ4v) is 1.05. The average Bonchev–Trinajstić information content (AvgIpc) is 1.82. The highest BCUT2D eigenvalue weighted by molar-refractivity contribution is 7.80. The number of nitrogens with zero attached hydrogens (tertiary/aromatic N) is 1. The number of nitrogens with one attached hydrogen (secondary N) is 1. The van der Waals surface area contributed by atoms with Crippen LogP contribution in [0.4, 0.5) is 8.78 Å². The zero-order valence-electron chi connectivity index (χ0n) is 5.71. The molecule has 7 heteroatoms. The highest BCUT2D eigenvalue weighted by Gasteiger charge is 2.33. The molecule has 2 amide bonds. The molecule has 66 valence electrons. The molecule has 1 aliphatic heterocycles. The molecule has 0 aromatic rings. The third-order valence-electron chi connectivity index (χ3n) is 1.24. The number of carbonyl (C=O) groups is 2. The maximum atomic E-state index is 12.0. The molecule has 0 aromatic heterocycles. The molecular formula is C5H4F2N2O2S. The summed E-state index contributed by atoms with van der Waals surface area (Å²) in [6, 6.07) is 0. The van der Waals surface area contributed by atoms with Crippen LogP contribution < -0.4 is 5.32 Å². The summed E-state index contributed by atoms with van der Waals surface area (Å²) in [5.74, 6) is -1.62. The predicted octanol–water partition coefficient (Wildman–Crippen LogP) is -0.158. The van der Waals surface area contributed by atoms with E-state index in [9.17, 15) is 18.4 Å². The highest BCUT2D eigenvalue weighted by Crippen LogP contribution is 2.09. The first-order valence-electron chi connectivity index (χ1n) is 2.96. The molecule has 0 aliphatic carbocycles. The van der Waals surface area contributed by atoms with Crippen molar-refractivity contribution in [3.63, 3.8) is 0 Å². The van der Waals surface area contributed by atoms with E-state index in [1.807, 2.05) is 5.32 Å². The lowest BCUT2D eigenvalue weighted by Gasteiger charge is -2.25. The molecule has 0 radical (unpaired) electrons. The lowest BCUT2D eigenvalue weighted by atomic mass is 10.3. The lowest BCUT2D eigenvalue weighted by Crippen LogP contribution is -2.54. The second-order valence-corrected chi connectivity index (χ2v) is 2.46. The van der Waals surface area contributed by atoms with Gasteiger partial charge in [0, 0.05) is 0 Å². The van der Waals surface area contributed by atoms with Gasteiger partial charge in [0.05, 0.1) is 0 Å². The smallest absolute Gasteiger partial charge is 0.302 e. The standard InChI is InChI=1S/C5H4F2N2O2S/c6-4(7)9-3(11)1-2(10)8-5(9)12/h4H,1H2,(H,8,10,12). The van der Waals surface area contributed by atoms with Crippen molar-refractivity contribution < 1.29 is 18.4 Å². The minimum atomic E-state index is -2.99. The molecule has 0 unspecified atom stereocenters. The summed E-state index contributed by atoms with van der Waals surface area (Å²) in [5, 5.41) is 1.42. The van der Waals surface area contributed by atoms with Crippen LogP contribution in [0.2, 0.25) is 0 Å². The zero-order valence-corrected chi connectivity index (χ0v) is 6.53. The number of amides is 2. The molecule has 1 aliphatic rings. The molecule has 1 rings (SSSR count). The molecule has 1 fully saturated rings. The summed E-state index contributed by atoms with van der Waals surface area (Å²) in [4.78, 5) is 21.4. The summed E-state index contributed by atoms with van der Waals surface area (Å²) in [6.45, 7) is -2.99. The number of alkyl halides is 2. The average molecular weight is 194 g/mol. The molecule has 1 N–H and O–H groups in total. The molecule has 12 heavy (non-hydrogen) atoms. The number of thiocarbonyl (C=S) groups is 1. The molecule has 1 heterocycles. The van der Waals surface area contributed by atoms with Crippen molar-refractivity contribution in [2.24, 2.45) is 0 Å². The van der Waals surface area contributed by atoms with Crippen LogP contribution in [0.25, 0.3) is 0 Å². The van der Waals surface area contributed by atoms with E-state index in [1.165, 1.54) is 0 Å². The maximum Gasteiger partial charge on any atom is 0.323 e. The third kappa shape index (κ3) is 1.55. The topological polar surface area (TPSA) is 49.4 Å². The van der Waals surface area contributed by atoms with Gasteiger partial charge in [0.15, 0.2) is 5.11 Å². The molecule has 0 aromatic carbocycles.